The normalized spacial score (nSPS) is 21.0. The van der Waals surface area contributed by atoms with Crippen molar-refractivity contribution in [3.63, 3.8) is 0 Å². The molecule has 3 aromatic rings. The van der Waals surface area contributed by atoms with Crippen molar-refractivity contribution in [1.82, 2.24) is 30.2 Å². The Hall–Kier alpha value is -2.74. The molecule has 0 spiro atoms. The zero-order valence-electron chi connectivity index (χ0n) is 16.7. The maximum Gasteiger partial charge on any atom is 0.276 e. The van der Waals surface area contributed by atoms with Crippen molar-refractivity contribution in [2.24, 2.45) is 0 Å². The number of nitrogens with one attached hydrogen (secondary N) is 1. The molecule has 0 aliphatic carbocycles. The Morgan fingerprint density at radius 2 is 2.03 bits per heavy atom. The van der Waals surface area contributed by atoms with Crippen LogP contribution in [0.2, 0.25) is 0 Å². The molecule has 0 saturated carbocycles. The van der Waals surface area contributed by atoms with Gasteiger partial charge in [-0.3, -0.25) is 4.79 Å². The summed E-state index contributed by atoms with van der Waals surface area (Å²) >= 11 is 0. The molecule has 2 aliphatic rings. The van der Waals surface area contributed by atoms with E-state index in [9.17, 15) is 4.79 Å². The molecule has 2 aromatic heterocycles. The molecule has 5 rings (SSSR count). The van der Waals surface area contributed by atoms with E-state index >= 15 is 0 Å². The van der Waals surface area contributed by atoms with Crippen molar-refractivity contribution in [1.29, 1.82) is 0 Å². The molecule has 1 aromatic carbocycles. The van der Waals surface area contributed by atoms with Crippen LogP contribution < -0.4 is 5.32 Å². The van der Waals surface area contributed by atoms with Crippen molar-refractivity contribution in [3.05, 3.63) is 41.5 Å². The summed E-state index contributed by atoms with van der Waals surface area (Å²) < 4.78 is 7.90. The number of fused-ring (bicyclic) bond motifs is 1. The fourth-order valence-electron chi connectivity index (χ4n) is 4.51. The highest BCUT2D eigenvalue weighted by Gasteiger charge is 2.31. The minimum Gasteiger partial charge on any atom is -0.440 e. The number of rotatable bonds is 3. The molecule has 8 heteroatoms. The molecule has 152 valence electrons. The first-order valence-electron chi connectivity index (χ1n) is 10.5. The molecule has 4 heterocycles. The van der Waals surface area contributed by atoms with Gasteiger partial charge in [0.1, 0.15) is 5.52 Å². The number of likely N-dealkylation sites (tertiary alicyclic amines) is 1. The smallest absolute Gasteiger partial charge is 0.276 e. The van der Waals surface area contributed by atoms with E-state index in [4.69, 9.17) is 4.42 Å². The number of hydrogen-bond acceptors (Lipinski definition) is 6. The number of oxazole rings is 1. The molecular weight excluding hydrogens is 368 g/mol. The van der Waals surface area contributed by atoms with E-state index in [1.165, 1.54) is 0 Å². The average molecular weight is 394 g/mol. The van der Waals surface area contributed by atoms with E-state index in [1.54, 1.807) is 0 Å². The predicted octanol–water partition coefficient (Wildman–Crippen LogP) is 2.67. The van der Waals surface area contributed by atoms with E-state index < -0.39 is 0 Å². The Balaban J connectivity index is 1.34. The topological polar surface area (TPSA) is 89.1 Å². The average Bonchev–Trinajstić information content (AvgIpc) is 3.37. The number of hydrogen-bond donors (Lipinski definition) is 1. The third-order valence-electron chi connectivity index (χ3n) is 6.15. The van der Waals surface area contributed by atoms with Gasteiger partial charge in [-0.1, -0.05) is 17.3 Å². The summed E-state index contributed by atoms with van der Waals surface area (Å²) in [4.78, 5) is 19.7. The second-order valence-electron chi connectivity index (χ2n) is 8.06. The summed E-state index contributed by atoms with van der Waals surface area (Å²) in [5, 5.41) is 11.9. The monoisotopic (exact) mass is 394 g/mol. The van der Waals surface area contributed by atoms with Crippen LogP contribution >= 0.6 is 0 Å². The minimum absolute atomic E-state index is 0.0384. The first-order valence-corrected chi connectivity index (χ1v) is 10.5. The van der Waals surface area contributed by atoms with Gasteiger partial charge in [-0.05, 0) is 57.8 Å². The van der Waals surface area contributed by atoms with Crippen LogP contribution in [0.25, 0.3) is 11.1 Å². The molecule has 2 saturated heterocycles. The van der Waals surface area contributed by atoms with Crippen LogP contribution in [0.1, 0.15) is 59.7 Å². The van der Waals surface area contributed by atoms with Gasteiger partial charge in [0.15, 0.2) is 17.2 Å². The highest BCUT2D eigenvalue weighted by Crippen LogP contribution is 2.30. The van der Waals surface area contributed by atoms with Gasteiger partial charge in [-0.15, -0.1) is 5.10 Å². The molecule has 1 amide bonds. The lowest BCUT2D eigenvalue weighted by molar-refractivity contribution is 0.0692. The number of para-hydroxylation sites is 2. The molecule has 8 nitrogen and oxygen atoms in total. The molecular formula is C21H26N6O2. The molecule has 1 unspecified atom stereocenters. The van der Waals surface area contributed by atoms with Gasteiger partial charge >= 0.3 is 0 Å². The number of amides is 1. The third kappa shape index (κ3) is 3.42. The molecule has 0 bridgehead atoms. The van der Waals surface area contributed by atoms with Gasteiger partial charge < -0.3 is 14.6 Å². The van der Waals surface area contributed by atoms with E-state index in [0.29, 0.717) is 18.3 Å². The van der Waals surface area contributed by atoms with Crippen LogP contribution in [0.3, 0.4) is 0 Å². The van der Waals surface area contributed by atoms with Gasteiger partial charge in [0.25, 0.3) is 5.91 Å². The maximum absolute atomic E-state index is 13.2. The maximum atomic E-state index is 13.2. The van der Waals surface area contributed by atoms with Gasteiger partial charge in [0, 0.05) is 13.1 Å². The zero-order valence-corrected chi connectivity index (χ0v) is 16.7. The van der Waals surface area contributed by atoms with Gasteiger partial charge in [0.2, 0.25) is 0 Å². The first-order chi connectivity index (χ1) is 14.2. The van der Waals surface area contributed by atoms with E-state index in [-0.39, 0.29) is 11.8 Å². The van der Waals surface area contributed by atoms with Crippen LogP contribution in [0.15, 0.2) is 28.7 Å². The Labute approximate surface area is 169 Å². The van der Waals surface area contributed by atoms with E-state index in [2.05, 4.69) is 20.6 Å². The number of benzene rings is 1. The van der Waals surface area contributed by atoms with Crippen molar-refractivity contribution < 1.29 is 9.21 Å². The molecule has 29 heavy (non-hydrogen) atoms. The molecule has 1 N–H and O–H groups in total. The van der Waals surface area contributed by atoms with Crippen molar-refractivity contribution >= 4 is 17.0 Å². The lowest BCUT2D eigenvalue weighted by atomic mass is 9.97. The van der Waals surface area contributed by atoms with Crippen LogP contribution in [-0.4, -0.2) is 57.0 Å². The number of carbonyl (C=O) groups excluding carboxylic acids is 1. The summed E-state index contributed by atoms with van der Waals surface area (Å²) in [5.41, 5.74) is 3.01. The van der Waals surface area contributed by atoms with Crippen LogP contribution in [0.5, 0.6) is 0 Å². The summed E-state index contributed by atoms with van der Waals surface area (Å²) in [7, 11) is 0. The second kappa shape index (κ2) is 7.59. The molecule has 2 fully saturated rings. The van der Waals surface area contributed by atoms with Gasteiger partial charge in [-0.25, -0.2) is 9.67 Å². The molecule has 1 atom stereocenters. The largest absolute Gasteiger partial charge is 0.440 e. The summed E-state index contributed by atoms with van der Waals surface area (Å²) in [6, 6.07) is 8.11. The SMILES string of the molecule is Cc1c(C(=O)N2CCCC(c3nc4ccccc4o3)C2)nnn1C1CCNCC1. The fraction of sp³-hybridized carbons (Fsp3) is 0.524. The lowest BCUT2D eigenvalue weighted by Gasteiger charge is -2.31. The van der Waals surface area contributed by atoms with Gasteiger partial charge in [-0.2, -0.15) is 0 Å². The molecule has 2 aliphatic heterocycles. The standard InChI is InChI=1S/C21H26N6O2/c1-14-19(24-25-27(14)16-8-10-22-11-9-16)21(28)26-12-4-5-15(13-26)20-23-17-6-2-3-7-18(17)29-20/h2-3,6-7,15-16,22H,4-5,8-13H2,1H3. The fourth-order valence-corrected chi connectivity index (χ4v) is 4.51. The van der Waals surface area contributed by atoms with Crippen LogP contribution in [0, 0.1) is 6.92 Å². The summed E-state index contributed by atoms with van der Waals surface area (Å²) in [6.07, 6.45) is 3.93. The second-order valence-corrected chi connectivity index (χ2v) is 8.06. The predicted molar refractivity (Wildman–Crippen MR) is 108 cm³/mol. The Morgan fingerprint density at radius 1 is 1.21 bits per heavy atom. The van der Waals surface area contributed by atoms with Crippen molar-refractivity contribution in [2.45, 2.75) is 44.6 Å². The van der Waals surface area contributed by atoms with Crippen molar-refractivity contribution in [2.75, 3.05) is 26.2 Å². The highest BCUT2D eigenvalue weighted by atomic mass is 16.3. The third-order valence-corrected chi connectivity index (χ3v) is 6.15. The van der Waals surface area contributed by atoms with Gasteiger partial charge in [0.05, 0.1) is 17.7 Å². The van der Waals surface area contributed by atoms with Crippen LogP contribution in [-0.2, 0) is 0 Å². The summed E-state index contributed by atoms with van der Waals surface area (Å²) in [5.74, 6) is 0.794. The lowest BCUT2D eigenvalue weighted by Crippen LogP contribution is -2.39. The zero-order chi connectivity index (χ0) is 19.8. The Bertz CT molecular complexity index is 986. The Kier molecular flexibility index (Phi) is 4.79. The summed E-state index contributed by atoms with van der Waals surface area (Å²) in [6.45, 7) is 5.25. The van der Waals surface area contributed by atoms with E-state index in [1.807, 2.05) is 40.8 Å². The molecule has 0 radical (unpaired) electrons. The number of aromatic nitrogens is 4. The number of nitrogens with zero attached hydrogens (tertiary/aromatic N) is 5. The Morgan fingerprint density at radius 3 is 2.86 bits per heavy atom. The number of carbonyl (C=O) groups is 1. The van der Waals surface area contributed by atoms with Crippen LogP contribution in [0.4, 0.5) is 0 Å². The minimum atomic E-state index is -0.0384. The first kappa shape index (κ1) is 18.3. The highest BCUT2D eigenvalue weighted by molar-refractivity contribution is 5.93. The number of piperidine rings is 2. The quantitative estimate of drug-likeness (QED) is 0.735. The van der Waals surface area contributed by atoms with Crippen molar-refractivity contribution in [3.8, 4) is 0 Å². The van der Waals surface area contributed by atoms with E-state index in [0.717, 1.165) is 68.0 Å².